The van der Waals surface area contributed by atoms with Gasteiger partial charge in [0.25, 0.3) is 0 Å². The Morgan fingerprint density at radius 3 is 2.54 bits per heavy atom. The first-order valence-electron chi connectivity index (χ1n) is 10.0. The van der Waals surface area contributed by atoms with E-state index in [2.05, 4.69) is 30.2 Å². The Morgan fingerprint density at radius 1 is 1.04 bits per heavy atom. The third-order valence-electron chi connectivity index (χ3n) is 8.24. The van der Waals surface area contributed by atoms with E-state index in [4.69, 9.17) is 9.68 Å². The molecular weight excluding hydrogens is 328 g/mol. The van der Waals surface area contributed by atoms with Crippen molar-refractivity contribution in [3.05, 3.63) is 11.6 Å². The van der Waals surface area contributed by atoms with Crippen LogP contribution in [0.25, 0.3) is 0 Å². The highest BCUT2D eigenvalue weighted by Gasteiger charge is 2.61. The molecule has 3 fully saturated rings. The van der Waals surface area contributed by atoms with Gasteiger partial charge in [0.05, 0.1) is 17.5 Å². The van der Waals surface area contributed by atoms with Crippen molar-refractivity contribution in [3.63, 3.8) is 0 Å². The van der Waals surface area contributed by atoms with Crippen LogP contribution in [0.5, 0.6) is 0 Å². The van der Waals surface area contributed by atoms with Gasteiger partial charge in [-0.1, -0.05) is 29.7 Å². The maximum absolute atomic E-state index is 11.2. The van der Waals surface area contributed by atoms with E-state index in [1.54, 1.807) is 14.2 Å². The zero-order valence-electron chi connectivity index (χ0n) is 16.5. The van der Waals surface area contributed by atoms with Crippen LogP contribution in [-0.4, -0.2) is 36.9 Å². The number of hydrogen-bond donors (Lipinski definition) is 1. The molecule has 0 amide bonds. The molecule has 4 rings (SSSR count). The lowest BCUT2D eigenvalue weighted by molar-refractivity contribution is -0.0925. The van der Waals surface area contributed by atoms with Crippen LogP contribution in [-0.2, 0) is 9.68 Å². The highest BCUT2D eigenvalue weighted by molar-refractivity contribution is 5.96. The normalized spacial score (nSPS) is 47.8. The molecule has 144 valence electrons. The molecule has 0 aromatic carbocycles. The standard InChI is InChI=1S/C21H32N2O3/c1-20-10-9-14(22-25-3)11-13(20)5-6-15-16-7-8-18(23-26-4)21(16,2)19(24)12-17(15)20/h11,15-17,19,24H,5-10,12H2,1-4H3/b22-14-,23-18+/t15-,16-,17-,19?,20-,21-/m0/s1. The van der Waals surface area contributed by atoms with Crippen molar-refractivity contribution in [2.45, 2.75) is 64.9 Å². The third kappa shape index (κ3) is 2.39. The molecule has 0 aromatic heterocycles. The molecule has 1 N–H and O–H groups in total. The zero-order chi connectivity index (χ0) is 18.5. The molecule has 26 heavy (non-hydrogen) atoms. The van der Waals surface area contributed by atoms with Crippen LogP contribution >= 0.6 is 0 Å². The lowest BCUT2D eigenvalue weighted by atomic mass is 9.46. The fourth-order valence-corrected chi connectivity index (χ4v) is 6.78. The molecule has 0 heterocycles. The summed E-state index contributed by atoms with van der Waals surface area (Å²) in [7, 11) is 3.23. The average Bonchev–Trinajstić information content (AvgIpc) is 2.95. The summed E-state index contributed by atoms with van der Waals surface area (Å²) in [6.45, 7) is 4.65. The van der Waals surface area contributed by atoms with E-state index in [0.29, 0.717) is 17.8 Å². The smallest absolute Gasteiger partial charge is 0.106 e. The summed E-state index contributed by atoms with van der Waals surface area (Å²) < 4.78 is 0. The Morgan fingerprint density at radius 2 is 1.81 bits per heavy atom. The molecule has 0 radical (unpaired) electrons. The summed E-state index contributed by atoms with van der Waals surface area (Å²) in [5, 5.41) is 19.7. The van der Waals surface area contributed by atoms with E-state index < -0.39 is 0 Å². The number of aliphatic hydroxyl groups excluding tert-OH is 1. The number of rotatable bonds is 2. The summed E-state index contributed by atoms with van der Waals surface area (Å²) >= 11 is 0. The first-order valence-corrected chi connectivity index (χ1v) is 10.0. The van der Waals surface area contributed by atoms with E-state index in [-0.39, 0.29) is 16.9 Å². The number of aliphatic hydroxyl groups is 1. The van der Waals surface area contributed by atoms with E-state index >= 15 is 0 Å². The first kappa shape index (κ1) is 18.0. The number of fused-ring (bicyclic) bond motifs is 5. The Kier molecular flexibility index (Phi) is 4.41. The molecule has 1 unspecified atom stereocenters. The molecule has 4 aliphatic carbocycles. The summed E-state index contributed by atoms with van der Waals surface area (Å²) in [5.41, 5.74) is 3.61. The minimum Gasteiger partial charge on any atom is -0.399 e. The van der Waals surface area contributed by atoms with Crippen LogP contribution in [0.4, 0.5) is 0 Å². The second kappa shape index (κ2) is 6.36. The Balaban J connectivity index is 1.68. The summed E-state index contributed by atoms with van der Waals surface area (Å²) in [4.78, 5) is 10.1. The molecule has 5 heteroatoms. The van der Waals surface area contributed by atoms with Crippen molar-refractivity contribution in [3.8, 4) is 0 Å². The predicted octanol–water partition coefficient (Wildman–Crippen LogP) is 3.92. The summed E-state index contributed by atoms with van der Waals surface area (Å²) in [6.07, 6.45) is 9.31. The quantitative estimate of drug-likeness (QED) is 0.759. The van der Waals surface area contributed by atoms with Crippen LogP contribution in [0.1, 0.15) is 58.8 Å². The van der Waals surface area contributed by atoms with Gasteiger partial charge in [-0.3, -0.25) is 0 Å². The van der Waals surface area contributed by atoms with E-state index in [0.717, 1.165) is 49.9 Å². The minimum atomic E-state index is -0.338. The maximum Gasteiger partial charge on any atom is 0.106 e. The molecule has 0 bridgehead atoms. The molecule has 5 nitrogen and oxygen atoms in total. The Bertz CT molecular complexity index is 670. The zero-order valence-corrected chi connectivity index (χ0v) is 16.5. The van der Waals surface area contributed by atoms with Gasteiger partial charge in [-0.05, 0) is 74.2 Å². The lowest BCUT2D eigenvalue weighted by Crippen LogP contribution is -2.56. The largest absolute Gasteiger partial charge is 0.399 e. The second-order valence-electron chi connectivity index (χ2n) is 9.06. The maximum atomic E-state index is 11.2. The number of nitrogens with zero attached hydrogens (tertiary/aromatic N) is 2. The van der Waals surface area contributed by atoms with E-state index in [1.807, 2.05) is 0 Å². The van der Waals surface area contributed by atoms with Crippen molar-refractivity contribution >= 4 is 11.4 Å². The molecule has 0 saturated heterocycles. The Labute approximate surface area is 156 Å². The lowest BCUT2D eigenvalue weighted by Gasteiger charge is -2.58. The molecule has 3 saturated carbocycles. The molecule has 0 aliphatic heterocycles. The monoisotopic (exact) mass is 360 g/mol. The predicted molar refractivity (Wildman–Crippen MR) is 102 cm³/mol. The van der Waals surface area contributed by atoms with Crippen LogP contribution in [0, 0.1) is 28.6 Å². The van der Waals surface area contributed by atoms with Crippen LogP contribution < -0.4 is 0 Å². The molecule has 0 spiro atoms. The van der Waals surface area contributed by atoms with Crippen molar-refractivity contribution in [2.75, 3.05) is 14.2 Å². The van der Waals surface area contributed by atoms with Crippen LogP contribution in [0.15, 0.2) is 22.0 Å². The molecule has 4 aliphatic rings. The van der Waals surface area contributed by atoms with Gasteiger partial charge in [0.2, 0.25) is 0 Å². The Hall–Kier alpha value is -1.36. The second-order valence-corrected chi connectivity index (χ2v) is 9.06. The number of oxime groups is 2. The van der Waals surface area contributed by atoms with Crippen molar-refractivity contribution in [1.29, 1.82) is 0 Å². The fourth-order valence-electron chi connectivity index (χ4n) is 6.78. The average molecular weight is 360 g/mol. The topological polar surface area (TPSA) is 63.4 Å². The van der Waals surface area contributed by atoms with E-state index in [9.17, 15) is 5.11 Å². The van der Waals surface area contributed by atoms with Gasteiger partial charge in [-0.25, -0.2) is 0 Å². The highest BCUT2D eigenvalue weighted by Crippen LogP contribution is 2.64. The highest BCUT2D eigenvalue weighted by atomic mass is 16.6. The van der Waals surface area contributed by atoms with Crippen LogP contribution in [0.3, 0.4) is 0 Å². The number of hydrogen-bond acceptors (Lipinski definition) is 5. The molecule has 6 atom stereocenters. The SMILES string of the molecule is CO/N=C1\C=C2CC[C@@H]3[C@H](CC(O)[C@]4(C)/C(=N/OC)CC[C@@H]34)[C@@]2(C)CC1. The van der Waals surface area contributed by atoms with Gasteiger partial charge in [-0.15, -0.1) is 0 Å². The third-order valence-corrected chi connectivity index (χ3v) is 8.24. The van der Waals surface area contributed by atoms with Crippen molar-refractivity contribution in [2.24, 2.45) is 38.9 Å². The van der Waals surface area contributed by atoms with Gasteiger partial charge in [-0.2, -0.15) is 0 Å². The summed E-state index contributed by atoms with van der Waals surface area (Å²) in [6, 6.07) is 0. The van der Waals surface area contributed by atoms with Gasteiger partial charge < -0.3 is 14.8 Å². The van der Waals surface area contributed by atoms with E-state index in [1.165, 1.54) is 12.0 Å². The van der Waals surface area contributed by atoms with Gasteiger partial charge in [0.15, 0.2) is 0 Å². The first-order chi connectivity index (χ1) is 12.4. The summed E-state index contributed by atoms with van der Waals surface area (Å²) in [5.74, 6) is 1.72. The minimum absolute atomic E-state index is 0.180. The molecular formula is C21H32N2O3. The van der Waals surface area contributed by atoms with Gasteiger partial charge >= 0.3 is 0 Å². The van der Waals surface area contributed by atoms with Crippen molar-refractivity contribution < 1.29 is 14.8 Å². The van der Waals surface area contributed by atoms with Crippen molar-refractivity contribution in [1.82, 2.24) is 0 Å². The number of allylic oxidation sites excluding steroid dienone is 2. The van der Waals surface area contributed by atoms with Gasteiger partial charge in [0, 0.05) is 5.41 Å². The van der Waals surface area contributed by atoms with Crippen LogP contribution in [0.2, 0.25) is 0 Å². The molecule has 0 aromatic rings. The fraction of sp³-hybridized carbons (Fsp3) is 0.810. The van der Waals surface area contributed by atoms with Gasteiger partial charge in [0.1, 0.15) is 14.2 Å².